The van der Waals surface area contributed by atoms with Crippen LogP contribution in [0.1, 0.15) is 34.7 Å². The van der Waals surface area contributed by atoms with Gasteiger partial charge in [0, 0.05) is 19.2 Å². The maximum Gasteiger partial charge on any atom is 0.251 e. The number of hydrogen-bond acceptors (Lipinski definition) is 4. The Morgan fingerprint density at radius 3 is 2.88 bits per heavy atom. The minimum atomic E-state index is -0.668. The van der Waals surface area contributed by atoms with Gasteiger partial charge in [0.1, 0.15) is 17.0 Å². The van der Waals surface area contributed by atoms with E-state index in [0.717, 1.165) is 56.4 Å². The van der Waals surface area contributed by atoms with Crippen molar-refractivity contribution in [3.8, 4) is 0 Å². The monoisotopic (exact) mass is 359 g/mol. The zero-order valence-electron chi connectivity index (χ0n) is 14.7. The molecule has 1 amide bonds. The molecule has 138 valence electrons. The van der Waals surface area contributed by atoms with Crippen LogP contribution in [-0.4, -0.2) is 58.8 Å². The fourth-order valence-corrected chi connectivity index (χ4v) is 3.88. The summed E-state index contributed by atoms with van der Waals surface area (Å²) >= 11 is 0. The van der Waals surface area contributed by atoms with Gasteiger partial charge in [-0.1, -0.05) is 0 Å². The standard InChI is InChI=1S/C18H22FN5O2/c1-26-7-6-23-4-2-11(3-5-23)14-10-21-24-16-13(17(20)25)8-12(19)9-15(16)22-18(14)24/h8-11,22H,2-7H2,1H3,(H2,20,25). The van der Waals surface area contributed by atoms with Crippen LogP contribution in [0, 0.1) is 5.82 Å². The molecule has 0 atom stereocenters. The second-order valence-corrected chi connectivity index (χ2v) is 6.81. The number of carbonyl (C=O) groups is 1. The molecule has 1 aliphatic rings. The number of hydrogen-bond donors (Lipinski definition) is 2. The van der Waals surface area contributed by atoms with Gasteiger partial charge in [0.15, 0.2) is 0 Å². The highest BCUT2D eigenvalue weighted by Gasteiger charge is 2.25. The molecule has 3 aromatic rings. The predicted molar refractivity (Wildman–Crippen MR) is 95.8 cm³/mol. The minimum Gasteiger partial charge on any atom is -0.383 e. The number of aromatic nitrogens is 3. The van der Waals surface area contributed by atoms with Crippen LogP contribution in [-0.2, 0) is 4.74 Å². The first-order valence-electron chi connectivity index (χ1n) is 8.78. The summed E-state index contributed by atoms with van der Waals surface area (Å²) in [4.78, 5) is 17.3. The number of likely N-dealkylation sites (tertiary alicyclic amines) is 1. The lowest BCUT2D eigenvalue weighted by Crippen LogP contribution is -2.35. The number of methoxy groups -OCH3 is 1. The number of rotatable bonds is 5. The van der Waals surface area contributed by atoms with Crippen molar-refractivity contribution in [2.24, 2.45) is 5.73 Å². The van der Waals surface area contributed by atoms with Gasteiger partial charge in [-0.3, -0.25) is 4.79 Å². The van der Waals surface area contributed by atoms with Gasteiger partial charge < -0.3 is 20.4 Å². The highest BCUT2D eigenvalue weighted by molar-refractivity contribution is 6.05. The summed E-state index contributed by atoms with van der Waals surface area (Å²) < 4.78 is 20.6. The van der Waals surface area contributed by atoms with E-state index in [1.54, 1.807) is 11.6 Å². The smallest absolute Gasteiger partial charge is 0.251 e. The Labute approximate surface area is 149 Å². The average Bonchev–Trinajstić information content (AvgIpc) is 3.18. The maximum atomic E-state index is 13.8. The van der Waals surface area contributed by atoms with Crippen molar-refractivity contribution in [2.75, 3.05) is 33.4 Å². The number of nitrogens with two attached hydrogens (primary N) is 1. The summed E-state index contributed by atoms with van der Waals surface area (Å²) in [5, 5.41) is 4.44. The van der Waals surface area contributed by atoms with E-state index in [1.165, 1.54) is 6.07 Å². The number of nitrogens with zero attached hydrogens (tertiary/aromatic N) is 3. The first-order valence-corrected chi connectivity index (χ1v) is 8.78. The molecule has 0 spiro atoms. The molecule has 0 saturated carbocycles. The molecule has 0 aliphatic carbocycles. The molecule has 8 heteroatoms. The van der Waals surface area contributed by atoms with Crippen molar-refractivity contribution in [3.63, 3.8) is 0 Å². The number of piperidine rings is 1. The second-order valence-electron chi connectivity index (χ2n) is 6.81. The average molecular weight is 359 g/mol. The van der Waals surface area contributed by atoms with E-state index in [9.17, 15) is 9.18 Å². The number of ether oxygens (including phenoxy) is 1. The van der Waals surface area contributed by atoms with Crippen LogP contribution in [0.4, 0.5) is 4.39 Å². The number of aromatic amines is 1. The molecule has 7 nitrogen and oxygen atoms in total. The summed E-state index contributed by atoms with van der Waals surface area (Å²) in [6.45, 7) is 3.70. The number of halogens is 1. The maximum absolute atomic E-state index is 13.8. The van der Waals surface area contributed by atoms with Crippen LogP contribution in [0.2, 0.25) is 0 Å². The quantitative estimate of drug-likeness (QED) is 0.728. The molecular weight excluding hydrogens is 337 g/mol. The molecule has 0 unspecified atom stereocenters. The fraction of sp³-hybridized carbons (Fsp3) is 0.444. The van der Waals surface area contributed by atoms with Crippen LogP contribution in [0.25, 0.3) is 16.7 Å². The van der Waals surface area contributed by atoms with Gasteiger partial charge in [-0.2, -0.15) is 5.10 Å². The lowest BCUT2D eigenvalue weighted by Gasteiger charge is -2.31. The largest absolute Gasteiger partial charge is 0.383 e. The number of primary amides is 1. The summed E-state index contributed by atoms with van der Waals surface area (Å²) in [6, 6.07) is 2.53. The molecule has 1 saturated heterocycles. The Morgan fingerprint density at radius 2 is 2.19 bits per heavy atom. The van der Waals surface area contributed by atoms with E-state index >= 15 is 0 Å². The van der Waals surface area contributed by atoms with E-state index in [1.807, 2.05) is 6.20 Å². The van der Waals surface area contributed by atoms with Crippen LogP contribution in [0.3, 0.4) is 0 Å². The molecular formula is C18H22FN5O2. The number of imidazole rings is 1. The number of fused-ring (bicyclic) bond motifs is 3. The van der Waals surface area contributed by atoms with Crippen molar-refractivity contribution in [1.29, 1.82) is 0 Å². The van der Waals surface area contributed by atoms with Gasteiger partial charge in [0.2, 0.25) is 0 Å². The molecule has 4 rings (SSSR count). The van der Waals surface area contributed by atoms with Crippen molar-refractivity contribution in [3.05, 3.63) is 35.3 Å². The van der Waals surface area contributed by atoms with Crippen LogP contribution in [0.5, 0.6) is 0 Å². The van der Waals surface area contributed by atoms with Gasteiger partial charge in [-0.05, 0) is 44.0 Å². The molecule has 1 aliphatic heterocycles. The molecule has 0 radical (unpaired) electrons. The molecule has 0 bridgehead atoms. The van der Waals surface area contributed by atoms with Crippen molar-refractivity contribution in [2.45, 2.75) is 18.8 Å². The van der Waals surface area contributed by atoms with Crippen LogP contribution in [0.15, 0.2) is 18.3 Å². The highest BCUT2D eigenvalue weighted by atomic mass is 19.1. The SMILES string of the molecule is COCCN1CCC(c2cnn3c2[nH]c2cc(F)cc(C(N)=O)c23)CC1. The number of carbonyl (C=O) groups excluding carboxylic acids is 1. The zero-order chi connectivity index (χ0) is 18.3. The zero-order valence-corrected chi connectivity index (χ0v) is 14.7. The van der Waals surface area contributed by atoms with Gasteiger partial charge >= 0.3 is 0 Å². The van der Waals surface area contributed by atoms with Crippen molar-refractivity contribution < 1.29 is 13.9 Å². The lowest BCUT2D eigenvalue weighted by molar-refractivity contribution is 0.100. The minimum absolute atomic E-state index is 0.135. The third kappa shape index (κ3) is 2.85. The summed E-state index contributed by atoms with van der Waals surface area (Å²) in [5.74, 6) is -0.788. The fourth-order valence-electron chi connectivity index (χ4n) is 3.88. The predicted octanol–water partition coefficient (Wildman–Crippen LogP) is 1.88. The Hall–Kier alpha value is -2.45. The normalized spacial score (nSPS) is 16.7. The number of nitrogens with one attached hydrogen (secondary N) is 1. The van der Waals surface area contributed by atoms with E-state index in [2.05, 4.69) is 15.0 Å². The Kier molecular flexibility index (Phi) is 4.37. The third-order valence-electron chi connectivity index (χ3n) is 5.24. The molecule has 26 heavy (non-hydrogen) atoms. The van der Waals surface area contributed by atoms with Gasteiger partial charge in [0.05, 0.1) is 23.9 Å². The van der Waals surface area contributed by atoms with Crippen molar-refractivity contribution in [1.82, 2.24) is 19.5 Å². The van der Waals surface area contributed by atoms with E-state index in [-0.39, 0.29) is 5.56 Å². The first kappa shape index (κ1) is 17.0. The molecule has 1 aromatic carbocycles. The van der Waals surface area contributed by atoms with Crippen LogP contribution < -0.4 is 5.73 Å². The van der Waals surface area contributed by atoms with Crippen LogP contribution >= 0.6 is 0 Å². The summed E-state index contributed by atoms with van der Waals surface area (Å²) in [6.07, 6.45) is 3.89. The van der Waals surface area contributed by atoms with Crippen molar-refractivity contribution >= 4 is 22.6 Å². The third-order valence-corrected chi connectivity index (χ3v) is 5.24. The summed E-state index contributed by atoms with van der Waals surface area (Å²) in [5.41, 5.74) is 8.53. The molecule has 3 N–H and O–H groups in total. The topological polar surface area (TPSA) is 88.7 Å². The highest BCUT2D eigenvalue weighted by Crippen LogP contribution is 2.32. The van der Waals surface area contributed by atoms with E-state index < -0.39 is 11.7 Å². The Morgan fingerprint density at radius 1 is 1.42 bits per heavy atom. The summed E-state index contributed by atoms with van der Waals surface area (Å²) in [7, 11) is 1.72. The Balaban J connectivity index is 1.68. The van der Waals surface area contributed by atoms with E-state index in [4.69, 9.17) is 10.5 Å². The van der Waals surface area contributed by atoms with Gasteiger partial charge in [-0.15, -0.1) is 0 Å². The number of H-pyrrole nitrogens is 1. The lowest BCUT2D eigenvalue weighted by atomic mass is 9.91. The molecule has 2 aromatic heterocycles. The van der Waals surface area contributed by atoms with Gasteiger partial charge in [-0.25, -0.2) is 8.91 Å². The van der Waals surface area contributed by atoms with Gasteiger partial charge in [0.25, 0.3) is 5.91 Å². The van der Waals surface area contributed by atoms with E-state index in [0.29, 0.717) is 17.0 Å². The first-order chi connectivity index (χ1) is 12.6. The molecule has 3 heterocycles. The number of benzene rings is 1. The number of amides is 1. The molecule has 1 fully saturated rings. The second kappa shape index (κ2) is 6.69. The Bertz CT molecular complexity index is 955.